The molecule has 1 rings (SSSR count). The zero-order chi connectivity index (χ0) is 9.84. The predicted molar refractivity (Wildman–Crippen MR) is 49.9 cm³/mol. The van der Waals surface area contributed by atoms with Gasteiger partial charge in [-0.25, -0.2) is 0 Å². The van der Waals surface area contributed by atoms with Crippen LogP contribution in [0.25, 0.3) is 0 Å². The van der Waals surface area contributed by atoms with Crippen LogP contribution in [0.1, 0.15) is 23.0 Å². The lowest BCUT2D eigenvalue weighted by Gasteiger charge is -2.08. The van der Waals surface area contributed by atoms with Crippen LogP contribution in [0.15, 0.2) is 12.3 Å². The molecule has 0 spiro atoms. The summed E-state index contributed by atoms with van der Waals surface area (Å²) in [7, 11) is 0. The maximum Gasteiger partial charge on any atom is 0.252 e. The summed E-state index contributed by atoms with van der Waals surface area (Å²) in [5.74, 6) is 4.71. The van der Waals surface area contributed by atoms with Crippen LogP contribution in [0, 0.1) is 0 Å². The molecular weight excluding hydrogens is 168 g/mol. The number of rotatable bonds is 3. The summed E-state index contributed by atoms with van der Waals surface area (Å²) in [5, 5.41) is 0. The maximum atomic E-state index is 11.0. The van der Waals surface area contributed by atoms with Crippen LogP contribution in [-0.2, 0) is 6.42 Å². The molecule has 1 amide bonds. The molecular formula is C8H12N4O. The van der Waals surface area contributed by atoms with Crippen LogP contribution in [-0.4, -0.2) is 10.9 Å². The topological polar surface area (TPSA) is 94.0 Å². The van der Waals surface area contributed by atoms with Crippen LogP contribution in [0.4, 0.5) is 5.69 Å². The summed E-state index contributed by atoms with van der Waals surface area (Å²) in [4.78, 5) is 15.1. The van der Waals surface area contributed by atoms with Gasteiger partial charge in [-0.1, -0.05) is 6.92 Å². The summed E-state index contributed by atoms with van der Waals surface area (Å²) in [6.45, 7) is 1.90. The molecule has 0 unspecified atom stereocenters. The number of hydrogen-bond acceptors (Lipinski definition) is 4. The predicted octanol–water partition coefficient (Wildman–Crippen LogP) is 0.0285. The molecule has 70 valence electrons. The molecule has 0 bridgehead atoms. The molecule has 0 radical (unpaired) electrons. The van der Waals surface area contributed by atoms with Crippen LogP contribution in [0.3, 0.4) is 0 Å². The first kappa shape index (κ1) is 9.47. The molecule has 1 aromatic heterocycles. The molecule has 0 aromatic carbocycles. The first-order chi connectivity index (χ1) is 6.20. The minimum absolute atomic E-state index is 0.368. The first-order valence-corrected chi connectivity index (χ1v) is 3.95. The van der Waals surface area contributed by atoms with E-state index in [1.54, 1.807) is 12.3 Å². The van der Waals surface area contributed by atoms with Crippen molar-refractivity contribution in [2.24, 2.45) is 11.6 Å². The number of carbonyl (C=O) groups is 1. The van der Waals surface area contributed by atoms with Crippen molar-refractivity contribution in [1.29, 1.82) is 0 Å². The molecule has 5 N–H and O–H groups in total. The molecule has 0 saturated carbocycles. The number of aryl methyl sites for hydroxylation is 1. The van der Waals surface area contributed by atoms with Crippen molar-refractivity contribution in [3.05, 3.63) is 23.5 Å². The molecule has 0 aliphatic rings. The van der Waals surface area contributed by atoms with Gasteiger partial charge in [-0.2, -0.15) is 0 Å². The second-order valence-corrected chi connectivity index (χ2v) is 2.54. The Balaban J connectivity index is 3.29. The third-order valence-corrected chi connectivity index (χ3v) is 1.77. The number of nitrogens with zero attached hydrogens (tertiary/aromatic N) is 1. The van der Waals surface area contributed by atoms with Crippen LogP contribution in [0.2, 0.25) is 0 Å². The van der Waals surface area contributed by atoms with Gasteiger partial charge in [0.15, 0.2) is 0 Å². The number of hydrogen-bond donors (Lipinski definition) is 3. The lowest BCUT2D eigenvalue weighted by Crippen LogP contribution is -2.19. The molecule has 5 nitrogen and oxygen atoms in total. The van der Waals surface area contributed by atoms with Crippen molar-refractivity contribution in [3.63, 3.8) is 0 Å². The van der Waals surface area contributed by atoms with E-state index in [-0.39, 0.29) is 0 Å². The summed E-state index contributed by atoms with van der Waals surface area (Å²) in [5.41, 5.74) is 9.14. The monoisotopic (exact) mass is 180 g/mol. The number of hydrazine groups is 1. The Kier molecular flexibility index (Phi) is 2.81. The van der Waals surface area contributed by atoms with E-state index in [1.165, 1.54) is 0 Å². The molecule has 0 fully saturated rings. The number of primary amides is 1. The van der Waals surface area contributed by atoms with Crippen molar-refractivity contribution in [2.45, 2.75) is 13.3 Å². The van der Waals surface area contributed by atoms with Gasteiger partial charge in [-0.05, 0) is 12.5 Å². The molecule has 0 atom stereocenters. The lowest BCUT2D eigenvalue weighted by atomic mass is 10.1. The largest absolute Gasteiger partial charge is 0.365 e. The SMILES string of the molecule is CCc1nccc(NN)c1C(N)=O. The fourth-order valence-electron chi connectivity index (χ4n) is 1.17. The lowest BCUT2D eigenvalue weighted by molar-refractivity contribution is 0.1000. The Bertz CT molecular complexity index is 302. The molecule has 1 aromatic rings. The van der Waals surface area contributed by atoms with E-state index in [9.17, 15) is 4.79 Å². The summed E-state index contributed by atoms with van der Waals surface area (Å²) in [6, 6.07) is 1.61. The molecule has 5 heteroatoms. The summed E-state index contributed by atoms with van der Waals surface area (Å²) >= 11 is 0. The Morgan fingerprint density at radius 3 is 2.85 bits per heavy atom. The van der Waals surface area contributed by atoms with Crippen LogP contribution >= 0.6 is 0 Å². The average Bonchev–Trinajstić information content (AvgIpc) is 2.16. The van der Waals surface area contributed by atoms with E-state index >= 15 is 0 Å². The third-order valence-electron chi connectivity index (χ3n) is 1.77. The van der Waals surface area contributed by atoms with Gasteiger partial charge in [0.05, 0.1) is 16.9 Å². The van der Waals surface area contributed by atoms with E-state index in [4.69, 9.17) is 11.6 Å². The fraction of sp³-hybridized carbons (Fsp3) is 0.250. The Morgan fingerprint density at radius 1 is 1.69 bits per heavy atom. The summed E-state index contributed by atoms with van der Waals surface area (Å²) in [6.07, 6.45) is 2.23. The van der Waals surface area contributed by atoms with Gasteiger partial charge in [0.2, 0.25) is 0 Å². The number of carbonyl (C=O) groups excluding carboxylic acids is 1. The van der Waals surface area contributed by atoms with Gasteiger partial charge >= 0.3 is 0 Å². The zero-order valence-electron chi connectivity index (χ0n) is 7.37. The highest BCUT2D eigenvalue weighted by atomic mass is 16.1. The molecule has 0 saturated heterocycles. The fourth-order valence-corrected chi connectivity index (χ4v) is 1.17. The van der Waals surface area contributed by atoms with Crippen molar-refractivity contribution in [2.75, 3.05) is 5.43 Å². The Hall–Kier alpha value is -1.62. The standard InChI is InChI=1S/C8H12N4O/c1-2-5-7(8(9)13)6(12-10)3-4-11-5/h3-4H,2,10H2,1H3,(H2,9,13)(H,11,12). The van der Waals surface area contributed by atoms with Gasteiger partial charge in [-0.3, -0.25) is 15.6 Å². The quantitative estimate of drug-likeness (QED) is 0.451. The maximum absolute atomic E-state index is 11.0. The average molecular weight is 180 g/mol. The van der Waals surface area contributed by atoms with Crippen LogP contribution < -0.4 is 17.0 Å². The van der Waals surface area contributed by atoms with Crippen molar-refractivity contribution >= 4 is 11.6 Å². The zero-order valence-corrected chi connectivity index (χ0v) is 7.37. The molecule has 0 aliphatic carbocycles. The van der Waals surface area contributed by atoms with Crippen molar-refractivity contribution < 1.29 is 4.79 Å². The minimum Gasteiger partial charge on any atom is -0.365 e. The van der Waals surface area contributed by atoms with Gasteiger partial charge in [0.1, 0.15) is 0 Å². The van der Waals surface area contributed by atoms with Gasteiger partial charge in [0.25, 0.3) is 5.91 Å². The normalized spacial score (nSPS) is 9.69. The first-order valence-electron chi connectivity index (χ1n) is 3.95. The van der Waals surface area contributed by atoms with Gasteiger partial charge in [0, 0.05) is 6.20 Å². The number of anilines is 1. The molecule has 0 aliphatic heterocycles. The van der Waals surface area contributed by atoms with Gasteiger partial charge < -0.3 is 11.2 Å². The van der Waals surface area contributed by atoms with E-state index in [2.05, 4.69) is 10.4 Å². The van der Waals surface area contributed by atoms with Crippen LogP contribution in [0.5, 0.6) is 0 Å². The number of amides is 1. The highest BCUT2D eigenvalue weighted by molar-refractivity contribution is 5.99. The number of nitrogens with two attached hydrogens (primary N) is 2. The second kappa shape index (κ2) is 3.86. The Morgan fingerprint density at radius 2 is 2.38 bits per heavy atom. The Labute approximate surface area is 76.1 Å². The highest BCUT2D eigenvalue weighted by Crippen LogP contribution is 2.16. The minimum atomic E-state index is -0.516. The molecule has 1 heterocycles. The number of aromatic nitrogens is 1. The smallest absolute Gasteiger partial charge is 0.252 e. The highest BCUT2D eigenvalue weighted by Gasteiger charge is 2.12. The summed E-state index contributed by atoms with van der Waals surface area (Å²) < 4.78 is 0. The van der Waals surface area contributed by atoms with Crippen molar-refractivity contribution in [3.8, 4) is 0 Å². The second-order valence-electron chi connectivity index (χ2n) is 2.54. The van der Waals surface area contributed by atoms with E-state index < -0.39 is 5.91 Å². The number of nitrogens with one attached hydrogen (secondary N) is 1. The van der Waals surface area contributed by atoms with E-state index in [0.717, 1.165) is 0 Å². The third kappa shape index (κ3) is 1.75. The van der Waals surface area contributed by atoms with E-state index in [1.807, 2.05) is 6.92 Å². The van der Waals surface area contributed by atoms with E-state index in [0.29, 0.717) is 23.4 Å². The number of pyridine rings is 1. The number of nitrogen functional groups attached to an aromatic ring is 1. The van der Waals surface area contributed by atoms with Gasteiger partial charge in [-0.15, -0.1) is 0 Å². The van der Waals surface area contributed by atoms with Crippen molar-refractivity contribution in [1.82, 2.24) is 4.98 Å². The molecule has 13 heavy (non-hydrogen) atoms.